The van der Waals surface area contributed by atoms with Gasteiger partial charge in [0.2, 0.25) is 5.91 Å². The van der Waals surface area contributed by atoms with Gasteiger partial charge < -0.3 is 15.3 Å². The van der Waals surface area contributed by atoms with Gasteiger partial charge >= 0.3 is 5.97 Å². The lowest BCUT2D eigenvalue weighted by molar-refractivity contribution is -0.137. The van der Waals surface area contributed by atoms with Crippen LogP contribution in [-0.4, -0.2) is 36.0 Å². The number of nitrogens with zero attached hydrogens (tertiary/aromatic N) is 1. The van der Waals surface area contributed by atoms with Crippen LogP contribution in [0.15, 0.2) is 24.3 Å². The van der Waals surface area contributed by atoms with Crippen LogP contribution in [0.5, 0.6) is 0 Å². The predicted molar refractivity (Wildman–Crippen MR) is 86.5 cm³/mol. The van der Waals surface area contributed by atoms with E-state index >= 15 is 0 Å². The highest BCUT2D eigenvalue weighted by atomic mass is 16.4. The fourth-order valence-electron chi connectivity index (χ4n) is 2.62. The zero-order valence-electron chi connectivity index (χ0n) is 13.1. The summed E-state index contributed by atoms with van der Waals surface area (Å²) in [6.07, 6.45) is 3.73. The number of anilines is 1. The molecular weight excluding hydrogens is 296 g/mol. The van der Waals surface area contributed by atoms with E-state index in [0.29, 0.717) is 31.5 Å². The van der Waals surface area contributed by atoms with Gasteiger partial charge in [0.25, 0.3) is 5.91 Å². The van der Waals surface area contributed by atoms with Crippen LogP contribution in [0.3, 0.4) is 0 Å². The number of hydrogen-bond donors (Lipinski definition) is 2. The summed E-state index contributed by atoms with van der Waals surface area (Å²) < 4.78 is 0. The van der Waals surface area contributed by atoms with Gasteiger partial charge in [0.1, 0.15) is 0 Å². The second-order valence-electron chi connectivity index (χ2n) is 5.66. The van der Waals surface area contributed by atoms with Crippen LogP contribution >= 0.6 is 0 Å². The Morgan fingerprint density at radius 1 is 1.22 bits per heavy atom. The molecule has 0 aromatic heterocycles. The van der Waals surface area contributed by atoms with Crippen molar-refractivity contribution in [1.82, 2.24) is 5.32 Å². The zero-order chi connectivity index (χ0) is 16.7. The molecule has 0 saturated carbocycles. The molecule has 1 saturated heterocycles. The molecule has 6 heteroatoms. The number of aliphatic carboxylic acids is 1. The second kappa shape index (κ2) is 8.31. The molecule has 1 aliphatic rings. The van der Waals surface area contributed by atoms with E-state index in [2.05, 4.69) is 5.32 Å². The van der Waals surface area contributed by atoms with Crippen molar-refractivity contribution in [2.45, 2.75) is 38.5 Å². The Labute approximate surface area is 135 Å². The maximum Gasteiger partial charge on any atom is 0.303 e. The van der Waals surface area contributed by atoms with Crippen molar-refractivity contribution in [1.29, 1.82) is 0 Å². The van der Waals surface area contributed by atoms with E-state index in [-0.39, 0.29) is 18.2 Å². The van der Waals surface area contributed by atoms with Gasteiger partial charge in [-0.25, -0.2) is 0 Å². The van der Waals surface area contributed by atoms with Crippen molar-refractivity contribution in [3.63, 3.8) is 0 Å². The molecule has 2 amide bonds. The molecule has 124 valence electrons. The number of amides is 2. The molecule has 1 heterocycles. The van der Waals surface area contributed by atoms with Gasteiger partial charge in [-0.3, -0.25) is 14.4 Å². The van der Waals surface area contributed by atoms with Gasteiger partial charge in [0.05, 0.1) is 0 Å². The van der Waals surface area contributed by atoms with Gasteiger partial charge in [-0.15, -0.1) is 0 Å². The number of nitrogens with one attached hydrogen (secondary N) is 1. The normalized spacial score (nSPS) is 14.1. The smallest absolute Gasteiger partial charge is 0.303 e. The summed E-state index contributed by atoms with van der Waals surface area (Å²) in [5.41, 5.74) is 1.30. The maximum absolute atomic E-state index is 12.1. The molecule has 0 unspecified atom stereocenters. The standard InChI is InChI=1S/C17H22N2O4/c20-15-8-5-11-19(15)14-7-4-6-13(12-14)17(23)18-10-3-1-2-9-16(21)22/h4,6-7,12H,1-3,5,8-11H2,(H,18,23)(H,21,22). The summed E-state index contributed by atoms with van der Waals surface area (Å²) in [6.45, 7) is 1.22. The minimum atomic E-state index is -0.790. The molecule has 1 fully saturated rings. The summed E-state index contributed by atoms with van der Waals surface area (Å²) in [6, 6.07) is 7.08. The molecule has 0 bridgehead atoms. The number of benzene rings is 1. The fourth-order valence-corrected chi connectivity index (χ4v) is 2.62. The molecule has 2 N–H and O–H groups in total. The largest absolute Gasteiger partial charge is 0.481 e. The first-order valence-electron chi connectivity index (χ1n) is 7.98. The van der Waals surface area contributed by atoms with Crippen LogP contribution in [-0.2, 0) is 9.59 Å². The molecule has 0 atom stereocenters. The maximum atomic E-state index is 12.1. The van der Waals surface area contributed by atoms with Crippen molar-refractivity contribution in [2.24, 2.45) is 0 Å². The third kappa shape index (κ3) is 5.09. The summed E-state index contributed by atoms with van der Waals surface area (Å²) >= 11 is 0. The number of rotatable bonds is 8. The lowest BCUT2D eigenvalue weighted by Gasteiger charge is -2.16. The molecule has 6 nitrogen and oxygen atoms in total. The Hall–Kier alpha value is -2.37. The lowest BCUT2D eigenvalue weighted by Crippen LogP contribution is -2.26. The molecule has 0 radical (unpaired) electrons. The van der Waals surface area contributed by atoms with Crippen LogP contribution in [0, 0.1) is 0 Å². The van der Waals surface area contributed by atoms with Crippen molar-refractivity contribution in [2.75, 3.05) is 18.0 Å². The lowest BCUT2D eigenvalue weighted by atomic mass is 10.1. The van der Waals surface area contributed by atoms with Gasteiger partial charge in [0.15, 0.2) is 0 Å². The first-order chi connectivity index (χ1) is 11.1. The van der Waals surface area contributed by atoms with E-state index in [1.54, 1.807) is 23.1 Å². The summed E-state index contributed by atoms with van der Waals surface area (Å²) in [5, 5.41) is 11.4. The van der Waals surface area contributed by atoms with Crippen molar-refractivity contribution >= 4 is 23.5 Å². The number of carboxylic acid groups (broad SMARTS) is 1. The SMILES string of the molecule is O=C(O)CCCCCNC(=O)c1cccc(N2CCCC2=O)c1. The Balaban J connectivity index is 1.80. The van der Waals surface area contributed by atoms with Gasteiger partial charge in [-0.1, -0.05) is 12.5 Å². The molecule has 0 aliphatic carbocycles. The molecule has 1 aromatic rings. The van der Waals surface area contributed by atoms with E-state index < -0.39 is 5.97 Å². The quantitative estimate of drug-likeness (QED) is 0.719. The predicted octanol–water partition coefficient (Wildman–Crippen LogP) is 2.19. The first-order valence-corrected chi connectivity index (χ1v) is 7.98. The second-order valence-corrected chi connectivity index (χ2v) is 5.66. The number of carbonyl (C=O) groups excluding carboxylic acids is 2. The van der Waals surface area contributed by atoms with Crippen LogP contribution < -0.4 is 10.2 Å². The zero-order valence-corrected chi connectivity index (χ0v) is 13.1. The molecule has 0 spiro atoms. The van der Waals surface area contributed by atoms with Gasteiger partial charge in [-0.05, 0) is 37.5 Å². The number of unbranched alkanes of at least 4 members (excludes halogenated alkanes) is 2. The molecule has 1 aliphatic heterocycles. The molecule has 23 heavy (non-hydrogen) atoms. The summed E-state index contributed by atoms with van der Waals surface area (Å²) in [7, 11) is 0. The Morgan fingerprint density at radius 3 is 2.74 bits per heavy atom. The van der Waals surface area contributed by atoms with E-state index in [1.165, 1.54) is 0 Å². The average molecular weight is 318 g/mol. The fraction of sp³-hybridized carbons (Fsp3) is 0.471. The van der Waals surface area contributed by atoms with Crippen LogP contribution in [0.1, 0.15) is 48.9 Å². The highest BCUT2D eigenvalue weighted by Gasteiger charge is 2.22. The van der Waals surface area contributed by atoms with Crippen molar-refractivity contribution in [3.05, 3.63) is 29.8 Å². The molecular formula is C17H22N2O4. The number of carbonyl (C=O) groups is 3. The van der Waals surface area contributed by atoms with Crippen LogP contribution in [0.4, 0.5) is 5.69 Å². The summed E-state index contributed by atoms with van der Waals surface area (Å²) in [4.78, 5) is 36.0. The van der Waals surface area contributed by atoms with Crippen molar-refractivity contribution < 1.29 is 19.5 Å². The van der Waals surface area contributed by atoms with Gasteiger partial charge in [-0.2, -0.15) is 0 Å². The number of carboxylic acids is 1. The highest BCUT2D eigenvalue weighted by Crippen LogP contribution is 2.22. The van der Waals surface area contributed by atoms with E-state index in [4.69, 9.17) is 5.11 Å². The minimum absolute atomic E-state index is 0.0981. The van der Waals surface area contributed by atoms with Crippen molar-refractivity contribution in [3.8, 4) is 0 Å². The van der Waals surface area contributed by atoms with E-state index in [9.17, 15) is 14.4 Å². The molecule has 1 aromatic carbocycles. The topological polar surface area (TPSA) is 86.7 Å². The van der Waals surface area contributed by atoms with Crippen LogP contribution in [0.2, 0.25) is 0 Å². The minimum Gasteiger partial charge on any atom is -0.481 e. The highest BCUT2D eigenvalue weighted by molar-refractivity contribution is 5.99. The first kappa shape index (κ1) is 17.0. The average Bonchev–Trinajstić information content (AvgIpc) is 2.96. The van der Waals surface area contributed by atoms with Gasteiger partial charge in [0, 0.05) is 37.2 Å². The Kier molecular flexibility index (Phi) is 6.14. The van der Waals surface area contributed by atoms with E-state index in [0.717, 1.165) is 24.9 Å². The Morgan fingerprint density at radius 2 is 2.04 bits per heavy atom. The van der Waals surface area contributed by atoms with Crippen LogP contribution in [0.25, 0.3) is 0 Å². The summed E-state index contributed by atoms with van der Waals surface area (Å²) in [5.74, 6) is -0.861. The third-order valence-electron chi connectivity index (χ3n) is 3.85. The number of hydrogen-bond acceptors (Lipinski definition) is 3. The third-order valence-corrected chi connectivity index (χ3v) is 3.85. The molecule has 2 rings (SSSR count). The van der Waals surface area contributed by atoms with E-state index in [1.807, 2.05) is 6.07 Å². The monoisotopic (exact) mass is 318 g/mol. The Bertz CT molecular complexity index is 586.